The van der Waals surface area contributed by atoms with Crippen LogP contribution in [0.25, 0.3) is 0 Å². The largest absolute Gasteiger partial charge is 0.496 e. The minimum absolute atomic E-state index is 0.988. The standard InChI is InChI=1S/C10H15NO/c1-3-11-8-9-6-4-5-7-10(9)12-2/h4-7,11H,3,8H2,1-2H3/p+1. The summed E-state index contributed by atoms with van der Waals surface area (Å²) in [6, 6.07) is 8.14. The molecule has 0 saturated heterocycles. The zero-order valence-corrected chi connectivity index (χ0v) is 7.71. The Hall–Kier alpha value is -1.02. The van der Waals surface area contributed by atoms with Crippen molar-refractivity contribution in [1.29, 1.82) is 0 Å². The van der Waals surface area contributed by atoms with Crippen LogP contribution in [0, 0.1) is 0 Å². The molecule has 0 aromatic heterocycles. The molecular formula is C10H16NO+. The second-order valence-corrected chi connectivity index (χ2v) is 2.71. The number of hydrogen-bond donors (Lipinski definition) is 1. The third-order valence-electron chi connectivity index (χ3n) is 1.85. The van der Waals surface area contributed by atoms with E-state index in [9.17, 15) is 0 Å². The van der Waals surface area contributed by atoms with E-state index in [-0.39, 0.29) is 0 Å². The highest BCUT2D eigenvalue weighted by Gasteiger charge is 2.00. The summed E-state index contributed by atoms with van der Waals surface area (Å²) in [5.41, 5.74) is 1.27. The fourth-order valence-corrected chi connectivity index (χ4v) is 1.17. The van der Waals surface area contributed by atoms with Crippen LogP contribution in [-0.2, 0) is 6.54 Å². The Morgan fingerprint density at radius 3 is 2.75 bits per heavy atom. The summed E-state index contributed by atoms with van der Waals surface area (Å²) in [6.45, 7) is 4.26. The molecule has 2 nitrogen and oxygen atoms in total. The molecule has 12 heavy (non-hydrogen) atoms. The second-order valence-electron chi connectivity index (χ2n) is 2.71. The normalized spacial score (nSPS) is 9.83. The summed E-state index contributed by atoms with van der Waals surface area (Å²) < 4.78 is 5.22. The molecule has 0 radical (unpaired) electrons. The van der Waals surface area contributed by atoms with Crippen molar-refractivity contribution in [2.75, 3.05) is 13.7 Å². The average molecular weight is 166 g/mol. The monoisotopic (exact) mass is 166 g/mol. The van der Waals surface area contributed by atoms with E-state index in [4.69, 9.17) is 4.74 Å². The van der Waals surface area contributed by atoms with Crippen molar-refractivity contribution in [2.24, 2.45) is 0 Å². The minimum Gasteiger partial charge on any atom is -0.496 e. The van der Waals surface area contributed by atoms with Crippen LogP contribution in [0.15, 0.2) is 24.3 Å². The smallest absolute Gasteiger partial charge is 0.127 e. The topological polar surface area (TPSA) is 25.8 Å². The van der Waals surface area contributed by atoms with Gasteiger partial charge in [-0.15, -0.1) is 0 Å². The molecule has 0 heterocycles. The van der Waals surface area contributed by atoms with Crippen LogP contribution in [0.1, 0.15) is 12.5 Å². The molecule has 0 aliphatic heterocycles. The van der Waals surface area contributed by atoms with E-state index in [0.29, 0.717) is 0 Å². The Bertz CT molecular complexity index is 235. The number of nitrogens with two attached hydrogens (primary N) is 1. The summed E-state index contributed by atoms with van der Waals surface area (Å²) >= 11 is 0. The lowest BCUT2D eigenvalue weighted by Gasteiger charge is -2.05. The maximum absolute atomic E-state index is 5.22. The van der Waals surface area contributed by atoms with Crippen LogP contribution in [0.3, 0.4) is 0 Å². The van der Waals surface area contributed by atoms with E-state index in [1.54, 1.807) is 7.11 Å². The van der Waals surface area contributed by atoms with Gasteiger partial charge in [-0.25, -0.2) is 0 Å². The summed E-state index contributed by atoms with van der Waals surface area (Å²) in [5.74, 6) is 0.988. The van der Waals surface area contributed by atoms with Gasteiger partial charge in [-0.05, 0) is 19.1 Å². The molecular weight excluding hydrogens is 150 g/mol. The van der Waals surface area contributed by atoms with Gasteiger partial charge in [0.1, 0.15) is 12.3 Å². The van der Waals surface area contributed by atoms with Crippen molar-refractivity contribution in [3.8, 4) is 5.75 Å². The van der Waals surface area contributed by atoms with Gasteiger partial charge in [0.05, 0.1) is 13.7 Å². The Kier molecular flexibility index (Phi) is 3.61. The van der Waals surface area contributed by atoms with Gasteiger partial charge < -0.3 is 10.1 Å². The highest BCUT2D eigenvalue weighted by Crippen LogP contribution is 2.15. The molecule has 0 amide bonds. The van der Waals surface area contributed by atoms with Crippen molar-refractivity contribution in [2.45, 2.75) is 13.5 Å². The van der Waals surface area contributed by atoms with Crippen LogP contribution in [0.5, 0.6) is 5.75 Å². The molecule has 1 rings (SSSR count). The zero-order valence-electron chi connectivity index (χ0n) is 7.71. The summed E-state index contributed by atoms with van der Waals surface area (Å²) in [6.07, 6.45) is 0. The number of rotatable bonds is 4. The molecule has 2 heteroatoms. The van der Waals surface area contributed by atoms with Gasteiger partial charge in [0.2, 0.25) is 0 Å². The minimum atomic E-state index is 0.988. The van der Waals surface area contributed by atoms with Crippen molar-refractivity contribution in [3.63, 3.8) is 0 Å². The van der Waals surface area contributed by atoms with E-state index in [2.05, 4.69) is 18.3 Å². The maximum atomic E-state index is 5.22. The first-order valence-corrected chi connectivity index (χ1v) is 4.32. The van der Waals surface area contributed by atoms with E-state index in [1.807, 2.05) is 18.2 Å². The molecule has 0 spiro atoms. The zero-order chi connectivity index (χ0) is 8.81. The first-order valence-electron chi connectivity index (χ1n) is 4.32. The van der Waals surface area contributed by atoms with E-state index in [0.717, 1.165) is 18.8 Å². The van der Waals surface area contributed by atoms with Gasteiger partial charge in [0.25, 0.3) is 0 Å². The van der Waals surface area contributed by atoms with Gasteiger partial charge in [-0.1, -0.05) is 12.1 Å². The molecule has 0 aliphatic rings. The van der Waals surface area contributed by atoms with Crippen molar-refractivity contribution < 1.29 is 10.1 Å². The van der Waals surface area contributed by atoms with Crippen LogP contribution in [0.4, 0.5) is 0 Å². The SMILES string of the molecule is CC[NH2+]Cc1ccccc1OC. The molecule has 66 valence electrons. The molecule has 0 unspecified atom stereocenters. The number of para-hydroxylation sites is 1. The lowest BCUT2D eigenvalue weighted by Crippen LogP contribution is -2.81. The lowest BCUT2D eigenvalue weighted by molar-refractivity contribution is -0.667. The van der Waals surface area contributed by atoms with Crippen LogP contribution < -0.4 is 10.1 Å². The first kappa shape index (κ1) is 9.07. The van der Waals surface area contributed by atoms with Gasteiger partial charge in [0, 0.05) is 5.56 Å². The fourth-order valence-electron chi connectivity index (χ4n) is 1.17. The number of ether oxygens (including phenoxy) is 1. The first-order chi connectivity index (χ1) is 5.88. The Morgan fingerprint density at radius 1 is 1.33 bits per heavy atom. The Balaban J connectivity index is 2.68. The number of benzene rings is 1. The van der Waals surface area contributed by atoms with Gasteiger partial charge in [0.15, 0.2) is 0 Å². The van der Waals surface area contributed by atoms with Crippen molar-refractivity contribution >= 4 is 0 Å². The summed E-state index contributed by atoms with van der Waals surface area (Å²) in [7, 11) is 1.71. The van der Waals surface area contributed by atoms with Gasteiger partial charge >= 0.3 is 0 Å². The number of methoxy groups -OCH3 is 1. The van der Waals surface area contributed by atoms with Crippen LogP contribution in [-0.4, -0.2) is 13.7 Å². The lowest BCUT2D eigenvalue weighted by atomic mass is 10.2. The maximum Gasteiger partial charge on any atom is 0.127 e. The highest BCUT2D eigenvalue weighted by atomic mass is 16.5. The molecule has 2 N–H and O–H groups in total. The van der Waals surface area contributed by atoms with Gasteiger partial charge in [-0.2, -0.15) is 0 Å². The molecule has 1 aromatic carbocycles. The molecule has 1 aromatic rings. The molecule has 0 atom stereocenters. The summed E-state index contributed by atoms with van der Waals surface area (Å²) in [5, 5.41) is 2.25. The van der Waals surface area contributed by atoms with Crippen molar-refractivity contribution in [1.82, 2.24) is 0 Å². The van der Waals surface area contributed by atoms with Crippen molar-refractivity contribution in [3.05, 3.63) is 29.8 Å². The Labute approximate surface area is 73.6 Å². The average Bonchev–Trinajstić information content (AvgIpc) is 2.15. The fraction of sp³-hybridized carbons (Fsp3) is 0.400. The predicted molar refractivity (Wildman–Crippen MR) is 49.2 cm³/mol. The van der Waals surface area contributed by atoms with E-state index in [1.165, 1.54) is 5.56 Å². The van der Waals surface area contributed by atoms with Crippen LogP contribution >= 0.6 is 0 Å². The number of quaternary nitrogens is 1. The molecule has 0 aliphatic carbocycles. The van der Waals surface area contributed by atoms with E-state index < -0.39 is 0 Å². The molecule has 0 saturated carbocycles. The van der Waals surface area contributed by atoms with Gasteiger partial charge in [-0.3, -0.25) is 0 Å². The molecule has 0 fully saturated rings. The number of hydrogen-bond acceptors (Lipinski definition) is 1. The highest BCUT2D eigenvalue weighted by molar-refractivity contribution is 5.32. The van der Waals surface area contributed by atoms with Crippen LogP contribution in [0.2, 0.25) is 0 Å². The third kappa shape index (κ3) is 2.24. The predicted octanol–water partition coefficient (Wildman–Crippen LogP) is 0.778. The Morgan fingerprint density at radius 2 is 2.08 bits per heavy atom. The van der Waals surface area contributed by atoms with E-state index >= 15 is 0 Å². The molecule has 0 bridgehead atoms. The third-order valence-corrected chi connectivity index (χ3v) is 1.85. The summed E-state index contributed by atoms with van der Waals surface area (Å²) in [4.78, 5) is 0. The second kappa shape index (κ2) is 4.78. The quantitative estimate of drug-likeness (QED) is 0.702.